The van der Waals surface area contributed by atoms with E-state index in [0.29, 0.717) is 16.5 Å². The molecule has 0 aliphatic heterocycles. The van der Waals surface area contributed by atoms with E-state index in [4.69, 9.17) is 0 Å². The second-order valence-corrected chi connectivity index (χ2v) is 8.25. The summed E-state index contributed by atoms with van der Waals surface area (Å²) in [5.41, 5.74) is 3.14. The van der Waals surface area contributed by atoms with Gasteiger partial charge in [-0.05, 0) is 42.7 Å². The Balaban J connectivity index is 1.85. The highest BCUT2D eigenvalue weighted by molar-refractivity contribution is 9.10. The molecule has 24 heavy (non-hydrogen) atoms. The molecule has 2 atom stereocenters. The van der Waals surface area contributed by atoms with Gasteiger partial charge in [0.2, 0.25) is 5.91 Å². The van der Waals surface area contributed by atoms with Crippen LogP contribution in [0.5, 0.6) is 0 Å². The highest BCUT2D eigenvalue weighted by atomic mass is 79.9. The summed E-state index contributed by atoms with van der Waals surface area (Å²) < 4.78 is 0. The number of amides is 1. The number of alkyl halides is 1. The lowest BCUT2D eigenvalue weighted by molar-refractivity contribution is -0.115. The van der Waals surface area contributed by atoms with Crippen LogP contribution in [0.2, 0.25) is 0 Å². The zero-order chi connectivity index (χ0) is 17.1. The van der Waals surface area contributed by atoms with Crippen LogP contribution < -0.4 is 5.32 Å². The van der Waals surface area contributed by atoms with Crippen LogP contribution in [0.3, 0.4) is 0 Å². The smallest absolute Gasteiger partial charge is 0.238 e. The van der Waals surface area contributed by atoms with Crippen molar-refractivity contribution in [1.29, 1.82) is 5.26 Å². The fourth-order valence-electron chi connectivity index (χ4n) is 3.18. The molecule has 1 heterocycles. The van der Waals surface area contributed by atoms with Gasteiger partial charge >= 0.3 is 0 Å². The van der Waals surface area contributed by atoms with Crippen LogP contribution >= 0.6 is 27.3 Å². The zero-order valence-electron chi connectivity index (χ0n) is 13.5. The van der Waals surface area contributed by atoms with Gasteiger partial charge in [0.05, 0.1) is 10.4 Å². The van der Waals surface area contributed by atoms with Gasteiger partial charge in [0.25, 0.3) is 0 Å². The van der Waals surface area contributed by atoms with Crippen molar-refractivity contribution in [1.82, 2.24) is 0 Å². The first kappa shape index (κ1) is 17.2. The molecular formula is C19H19BrN2OS. The number of carbonyl (C=O) groups is 1. The molecule has 5 heteroatoms. The van der Waals surface area contributed by atoms with Gasteiger partial charge in [0.1, 0.15) is 11.1 Å². The maximum absolute atomic E-state index is 12.1. The summed E-state index contributed by atoms with van der Waals surface area (Å²) in [6.07, 6.45) is 3.61. The van der Waals surface area contributed by atoms with Gasteiger partial charge in [0.15, 0.2) is 0 Å². The summed E-state index contributed by atoms with van der Waals surface area (Å²) in [4.78, 5) is 13.2. The number of anilines is 1. The fraction of sp³-hybridized carbons (Fsp3) is 0.368. The number of carbonyl (C=O) groups excluding carboxylic acids is 1. The summed E-state index contributed by atoms with van der Waals surface area (Å²) in [5, 5.41) is 13.2. The van der Waals surface area contributed by atoms with Crippen LogP contribution in [0, 0.1) is 11.3 Å². The van der Waals surface area contributed by atoms with E-state index in [0.717, 1.165) is 31.2 Å². The van der Waals surface area contributed by atoms with Gasteiger partial charge < -0.3 is 5.32 Å². The third-order valence-electron chi connectivity index (χ3n) is 4.53. The van der Waals surface area contributed by atoms with E-state index < -0.39 is 0 Å². The van der Waals surface area contributed by atoms with Crippen LogP contribution in [0.1, 0.15) is 47.3 Å². The maximum atomic E-state index is 12.1. The average molecular weight is 403 g/mol. The minimum atomic E-state index is -0.222. The molecule has 0 spiro atoms. The first-order valence-electron chi connectivity index (χ1n) is 8.18. The molecule has 1 aliphatic rings. The van der Waals surface area contributed by atoms with E-state index in [1.54, 1.807) is 11.3 Å². The van der Waals surface area contributed by atoms with Crippen molar-refractivity contribution in [2.75, 3.05) is 5.32 Å². The lowest BCUT2D eigenvalue weighted by Gasteiger charge is -2.22. The number of nitrogens with one attached hydrogen (secondary N) is 1. The molecular weight excluding hydrogens is 384 g/mol. The van der Waals surface area contributed by atoms with Crippen LogP contribution in [0.15, 0.2) is 30.3 Å². The first-order valence-corrected chi connectivity index (χ1v) is 9.91. The molecule has 1 aromatic heterocycles. The molecule has 1 aliphatic carbocycles. The quantitative estimate of drug-likeness (QED) is 0.730. The summed E-state index contributed by atoms with van der Waals surface area (Å²) in [6.45, 7) is 1.95. The Morgan fingerprint density at radius 3 is 2.88 bits per heavy atom. The van der Waals surface area contributed by atoms with Crippen LogP contribution in [-0.2, 0) is 17.6 Å². The van der Waals surface area contributed by atoms with Crippen molar-refractivity contribution in [2.24, 2.45) is 0 Å². The fourth-order valence-corrected chi connectivity index (χ4v) is 4.57. The molecule has 1 N–H and O–H groups in total. The van der Waals surface area contributed by atoms with E-state index in [1.807, 2.05) is 13.0 Å². The van der Waals surface area contributed by atoms with E-state index >= 15 is 0 Å². The van der Waals surface area contributed by atoms with Gasteiger partial charge in [-0.1, -0.05) is 53.2 Å². The molecule has 0 saturated heterocycles. The van der Waals surface area contributed by atoms with Crippen molar-refractivity contribution in [3.05, 3.63) is 51.9 Å². The first-order chi connectivity index (χ1) is 11.6. The molecule has 3 rings (SSSR count). The number of hydrogen-bond donors (Lipinski definition) is 1. The predicted molar refractivity (Wildman–Crippen MR) is 102 cm³/mol. The second-order valence-electron chi connectivity index (χ2n) is 6.04. The van der Waals surface area contributed by atoms with Gasteiger partial charge in [-0.3, -0.25) is 4.79 Å². The summed E-state index contributed by atoms with van der Waals surface area (Å²) in [5.74, 6) is 0.416. The summed E-state index contributed by atoms with van der Waals surface area (Å²) in [6, 6.07) is 12.8. The summed E-state index contributed by atoms with van der Waals surface area (Å²) >= 11 is 4.93. The Bertz CT molecular complexity index is 779. The molecule has 2 aromatic rings. The molecule has 1 aromatic carbocycles. The molecule has 2 unspecified atom stereocenters. The minimum absolute atomic E-state index is 0.0767. The Morgan fingerprint density at radius 2 is 2.21 bits per heavy atom. The second kappa shape index (κ2) is 7.50. The summed E-state index contributed by atoms with van der Waals surface area (Å²) in [7, 11) is 0. The standard InChI is InChI=1S/C19H19BrN2OS/c1-2-16(20)18(23)22-19-15(11-21)14-9-8-13(10-17(14)24-19)12-6-4-3-5-7-12/h3-7,13,16H,2,8-10H2,1H3,(H,22,23). The number of nitrogens with zero attached hydrogens (tertiary/aromatic N) is 1. The van der Waals surface area contributed by atoms with E-state index in [1.165, 1.54) is 10.4 Å². The molecule has 0 fully saturated rings. The maximum Gasteiger partial charge on any atom is 0.238 e. The number of nitriles is 1. The van der Waals surface area contributed by atoms with E-state index in [-0.39, 0.29) is 10.7 Å². The Hall–Kier alpha value is -1.64. The average Bonchev–Trinajstić information content (AvgIpc) is 2.97. The zero-order valence-corrected chi connectivity index (χ0v) is 15.9. The van der Waals surface area contributed by atoms with Crippen LogP contribution in [0.4, 0.5) is 5.00 Å². The van der Waals surface area contributed by atoms with Crippen molar-refractivity contribution in [3.8, 4) is 6.07 Å². The van der Waals surface area contributed by atoms with Crippen molar-refractivity contribution >= 4 is 38.2 Å². The number of benzene rings is 1. The van der Waals surface area contributed by atoms with E-state index in [9.17, 15) is 10.1 Å². The van der Waals surface area contributed by atoms with Gasteiger partial charge in [-0.25, -0.2) is 0 Å². The largest absolute Gasteiger partial charge is 0.316 e. The molecule has 124 valence electrons. The molecule has 3 nitrogen and oxygen atoms in total. The monoisotopic (exact) mass is 402 g/mol. The van der Waals surface area contributed by atoms with Crippen LogP contribution in [0.25, 0.3) is 0 Å². The number of hydrogen-bond acceptors (Lipinski definition) is 3. The third kappa shape index (κ3) is 3.40. The van der Waals surface area contributed by atoms with Crippen molar-refractivity contribution in [2.45, 2.75) is 43.4 Å². The number of rotatable bonds is 4. The number of thiophene rings is 1. The number of halogens is 1. The van der Waals surface area contributed by atoms with Crippen molar-refractivity contribution < 1.29 is 4.79 Å². The predicted octanol–water partition coefficient (Wildman–Crippen LogP) is 5.00. The number of fused-ring (bicyclic) bond motifs is 1. The SMILES string of the molecule is CCC(Br)C(=O)Nc1sc2c(c1C#N)CCC(c1ccccc1)C2. The Morgan fingerprint density at radius 1 is 1.46 bits per heavy atom. The normalized spacial score (nSPS) is 17.6. The van der Waals surface area contributed by atoms with Crippen LogP contribution in [-0.4, -0.2) is 10.7 Å². The lowest BCUT2D eigenvalue weighted by Crippen LogP contribution is -2.21. The van der Waals surface area contributed by atoms with Gasteiger partial charge in [-0.15, -0.1) is 11.3 Å². The van der Waals surface area contributed by atoms with Gasteiger partial charge in [0, 0.05) is 4.88 Å². The van der Waals surface area contributed by atoms with Crippen molar-refractivity contribution in [3.63, 3.8) is 0 Å². The third-order valence-corrected chi connectivity index (χ3v) is 6.76. The molecule has 1 amide bonds. The van der Waals surface area contributed by atoms with E-state index in [2.05, 4.69) is 51.6 Å². The topological polar surface area (TPSA) is 52.9 Å². The molecule has 0 radical (unpaired) electrons. The Labute approximate surface area is 154 Å². The van der Waals surface area contributed by atoms with Gasteiger partial charge in [-0.2, -0.15) is 5.26 Å². The lowest BCUT2D eigenvalue weighted by atomic mass is 9.83. The Kier molecular flexibility index (Phi) is 5.37. The highest BCUT2D eigenvalue weighted by Gasteiger charge is 2.27. The highest BCUT2D eigenvalue weighted by Crippen LogP contribution is 2.42. The molecule has 0 saturated carbocycles. The molecule has 0 bridgehead atoms. The minimum Gasteiger partial charge on any atom is -0.316 e.